The van der Waals surface area contributed by atoms with Gasteiger partial charge in [0.05, 0.1) is 0 Å². The summed E-state index contributed by atoms with van der Waals surface area (Å²) < 4.78 is 1.64. The minimum Gasteiger partial charge on any atom is -0.337 e. The Kier molecular flexibility index (Phi) is 2.99. The first kappa shape index (κ1) is 11.2. The molecule has 16 heavy (non-hydrogen) atoms. The van der Waals surface area contributed by atoms with Crippen molar-refractivity contribution >= 4 is 5.91 Å². The van der Waals surface area contributed by atoms with Crippen LogP contribution in [0.3, 0.4) is 0 Å². The molecule has 0 bridgehead atoms. The van der Waals surface area contributed by atoms with Crippen molar-refractivity contribution in [2.75, 3.05) is 13.1 Å². The Morgan fingerprint density at radius 3 is 2.81 bits per heavy atom. The van der Waals surface area contributed by atoms with Crippen LogP contribution in [-0.4, -0.2) is 33.7 Å². The molecule has 0 spiro atoms. The summed E-state index contributed by atoms with van der Waals surface area (Å²) in [7, 11) is 1.81. The Hall–Kier alpha value is -1.32. The van der Waals surface area contributed by atoms with Gasteiger partial charge in [-0.05, 0) is 24.3 Å². The highest BCUT2D eigenvalue weighted by molar-refractivity contribution is 5.92. The summed E-state index contributed by atoms with van der Waals surface area (Å²) in [5.41, 5.74) is 0.685. The van der Waals surface area contributed by atoms with Gasteiger partial charge in [-0.15, -0.1) is 0 Å². The maximum absolute atomic E-state index is 12.2. The fourth-order valence-corrected chi connectivity index (χ4v) is 2.26. The zero-order valence-electron chi connectivity index (χ0n) is 10.2. The van der Waals surface area contributed by atoms with Crippen molar-refractivity contribution in [1.29, 1.82) is 0 Å². The predicted molar refractivity (Wildman–Crippen MR) is 62.1 cm³/mol. The van der Waals surface area contributed by atoms with E-state index in [1.165, 1.54) is 0 Å². The van der Waals surface area contributed by atoms with E-state index in [0.717, 1.165) is 19.5 Å². The first-order chi connectivity index (χ1) is 7.59. The molecule has 1 aliphatic rings. The molecule has 1 unspecified atom stereocenters. The molecule has 1 fully saturated rings. The van der Waals surface area contributed by atoms with E-state index in [4.69, 9.17) is 0 Å². The zero-order valence-corrected chi connectivity index (χ0v) is 10.2. The van der Waals surface area contributed by atoms with Crippen molar-refractivity contribution in [3.05, 3.63) is 18.0 Å². The molecule has 1 saturated heterocycles. The Bertz CT molecular complexity index is 383. The summed E-state index contributed by atoms with van der Waals surface area (Å²) in [5, 5.41) is 4.03. The van der Waals surface area contributed by atoms with Crippen molar-refractivity contribution in [1.82, 2.24) is 14.7 Å². The van der Waals surface area contributed by atoms with Crippen molar-refractivity contribution in [3.63, 3.8) is 0 Å². The van der Waals surface area contributed by atoms with Crippen molar-refractivity contribution in [3.8, 4) is 0 Å². The lowest BCUT2D eigenvalue weighted by Gasteiger charge is -2.18. The Balaban J connectivity index is 2.05. The van der Waals surface area contributed by atoms with Gasteiger partial charge < -0.3 is 4.90 Å². The highest BCUT2D eigenvalue weighted by Crippen LogP contribution is 2.24. The molecular weight excluding hydrogens is 202 g/mol. The molecule has 0 aromatic carbocycles. The average molecular weight is 221 g/mol. The van der Waals surface area contributed by atoms with E-state index in [1.54, 1.807) is 16.9 Å². The maximum Gasteiger partial charge on any atom is 0.272 e. The third kappa shape index (κ3) is 1.96. The molecule has 2 rings (SSSR count). The molecule has 1 aromatic heterocycles. The summed E-state index contributed by atoms with van der Waals surface area (Å²) in [6.45, 7) is 6.22. The van der Waals surface area contributed by atoms with Crippen LogP contribution in [0, 0.1) is 11.8 Å². The van der Waals surface area contributed by atoms with E-state index in [1.807, 2.05) is 11.9 Å². The van der Waals surface area contributed by atoms with Gasteiger partial charge in [0.25, 0.3) is 5.91 Å². The molecule has 1 aromatic rings. The molecule has 88 valence electrons. The van der Waals surface area contributed by atoms with Crippen molar-refractivity contribution in [2.45, 2.75) is 20.3 Å². The molecule has 1 aliphatic heterocycles. The van der Waals surface area contributed by atoms with E-state index >= 15 is 0 Å². The molecule has 1 amide bonds. The van der Waals surface area contributed by atoms with Crippen LogP contribution in [0.4, 0.5) is 0 Å². The third-order valence-electron chi connectivity index (χ3n) is 3.49. The second-order valence-corrected chi connectivity index (χ2v) is 4.88. The first-order valence-corrected chi connectivity index (χ1v) is 5.87. The fraction of sp³-hybridized carbons (Fsp3) is 0.667. The predicted octanol–water partition coefficient (Wildman–Crippen LogP) is 1.54. The number of rotatable bonds is 2. The van der Waals surface area contributed by atoms with Gasteiger partial charge in [0.1, 0.15) is 5.69 Å². The highest BCUT2D eigenvalue weighted by Gasteiger charge is 2.29. The van der Waals surface area contributed by atoms with E-state index in [9.17, 15) is 4.79 Å². The number of hydrogen-bond donors (Lipinski definition) is 0. The summed E-state index contributed by atoms with van der Waals surface area (Å²) in [6, 6.07) is 1.78. The lowest BCUT2D eigenvalue weighted by Crippen LogP contribution is -2.30. The van der Waals surface area contributed by atoms with E-state index in [2.05, 4.69) is 18.9 Å². The molecule has 2 heterocycles. The normalized spacial score (nSPS) is 20.8. The van der Waals surface area contributed by atoms with Gasteiger partial charge in [-0.3, -0.25) is 9.48 Å². The third-order valence-corrected chi connectivity index (χ3v) is 3.49. The van der Waals surface area contributed by atoms with Gasteiger partial charge in [-0.25, -0.2) is 0 Å². The van der Waals surface area contributed by atoms with Crippen LogP contribution in [0.15, 0.2) is 12.3 Å². The monoisotopic (exact) mass is 221 g/mol. The highest BCUT2D eigenvalue weighted by atomic mass is 16.2. The molecule has 4 nitrogen and oxygen atoms in total. The first-order valence-electron chi connectivity index (χ1n) is 5.87. The summed E-state index contributed by atoms with van der Waals surface area (Å²) in [4.78, 5) is 14.1. The maximum atomic E-state index is 12.2. The number of nitrogens with zero attached hydrogens (tertiary/aromatic N) is 3. The number of aryl methyl sites for hydroxylation is 1. The number of amides is 1. The Morgan fingerprint density at radius 2 is 2.31 bits per heavy atom. The van der Waals surface area contributed by atoms with E-state index < -0.39 is 0 Å². The van der Waals surface area contributed by atoms with Crippen LogP contribution in [0.25, 0.3) is 0 Å². The molecule has 0 radical (unpaired) electrons. The molecular formula is C12H19N3O. The number of carbonyl (C=O) groups excluding carboxylic acids is 1. The summed E-state index contributed by atoms with van der Waals surface area (Å²) >= 11 is 0. The number of aromatic nitrogens is 2. The van der Waals surface area contributed by atoms with E-state index in [-0.39, 0.29) is 5.91 Å². The molecule has 4 heteroatoms. The van der Waals surface area contributed by atoms with Gasteiger partial charge in [-0.2, -0.15) is 5.10 Å². The zero-order chi connectivity index (χ0) is 11.7. The minimum absolute atomic E-state index is 0.114. The van der Waals surface area contributed by atoms with Crippen molar-refractivity contribution < 1.29 is 4.79 Å². The van der Waals surface area contributed by atoms with Crippen LogP contribution >= 0.6 is 0 Å². The van der Waals surface area contributed by atoms with Crippen LogP contribution in [0.2, 0.25) is 0 Å². The molecule has 0 N–H and O–H groups in total. The summed E-state index contributed by atoms with van der Waals surface area (Å²) in [5.74, 6) is 1.42. The lowest BCUT2D eigenvalue weighted by atomic mass is 9.95. The van der Waals surface area contributed by atoms with Crippen LogP contribution < -0.4 is 0 Å². The smallest absolute Gasteiger partial charge is 0.272 e. The average Bonchev–Trinajstić information content (AvgIpc) is 2.84. The topological polar surface area (TPSA) is 38.1 Å². The summed E-state index contributed by atoms with van der Waals surface area (Å²) in [6.07, 6.45) is 2.80. The molecule has 1 atom stereocenters. The molecule has 0 saturated carbocycles. The number of carbonyl (C=O) groups is 1. The van der Waals surface area contributed by atoms with Gasteiger partial charge in [0.15, 0.2) is 0 Å². The fourth-order valence-electron chi connectivity index (χ4n) is 2.26. The van der Waals surface area contributed by atoms with E-state index in [0.29, 0.717) is 17.5 Å². The lowest BCUT2D eigenvalue weighted by molar-refractivity contribution is 0.0773. The Morgan fingerprint density at radius 1 is 1.56 bits per heavy atom. The standard InChI is InChI=1S/C12H19N3O/c1-9(2)10-5-7-15(8-10)12(16)11-4-6-13-14(11)3/h4,6,9-10H,5,7-8H2,1-3H3. The van der Waals surface area contributed by atoms with Crippen LogP contribution in [-0.2, 0) is 7.05 Å². The van der Waals surface area contributed by atoms with Crippen LogP contribution in [0.1, 0.15) is 30.8 Å². The quantitative estimate of drug-likeness (QED) is 0.759. The van der Waals surface area contributed by atoms with Gasteiger partial charge in [0.2, 0.25) is 0 Å². The largest absolute Gasteiger partial charge is 0.337 e. The minimum atomic E-state index is 0.114. The van der Waals surface area contributed by atoms with Gasteiger partial charge in [-0.1, -0.05) is 13.8 Å². The number of likely N-dealkylation sites (tertiary alicyclic amines) is 1. The second-order valence-electron chi connectivity index (χ2n) is 4.88. The van der Waals surface area contributed by atoms with Crippen molar-refractivity contribution in [2.24, 2.45) is 18.9 Å². The van der Waals surface area contributed by atoms with Gasteiger partial charge >= 0.3 is 0 Å². The Labute approximate surface area is 96.2 Å². The van der Waals surface area contributed by atoms with Gasteiger partial charge in [0, 0.05) is 26.3 Å². The second kappa shape index (κ2) is 4.28. The molecule has 0 aliphatic carbocycles. The number of hydrogen-bond acceptors (Lipinski definition) is 2. The SMILES string of the molecule is CC(C)C1CCN(C(=O)c2ccnn2C)C1. The van der Waals surface area contributed by atoms with Crippen LogP contribution in [0.5, 0.6) is 0 Å².